The number of hydrogen-bond acceptors (Lipinski definition) is 0. The zero-order chi connectivity index (χ0) is 9.64. The summed E-state index contributed by atoms with van der Waals surface area (Å²) >= 11 is 0. The van der Waals surface area contributed by atoms with Gasteiger partial charge in [0.05, 0.1) is 0 Å². The first-order chi connectivity index (χ1) is 6.95. The molecule has 0 aliphatic carbocycles. The van der Waals surface area contributed by atoms with E-state index < -0.39 is 0 Å². The van der Waals surface area contributed by atoms with Crippen molar-refractivity contribution in [1.29, 1.82) is 0 Å². The van der Waals surface area contributed by atoms with Crippen LogP contribution in [0.5, 0.6) is 0 Å². The number of hydrogen-bond donors (Lipinski definition) is 0. The fraction of sp³-hybridized carbons (Fsp3) is 0. The van der Waals surface area contributed by atoms with Gasteiger partial charge >= 0.3 is 37.7 Å². The van der Waals surface area contributed by atoms with Crippen LogP contribution in [0.3, 0.4) is 0 Å². The molecule has 0 bridgehead atoms. The third kappa shape index (κ3) is 4.93. The van der Waals surface area contributed by atoms with E-state index in [1.54, 1.807) is 0 Å². The van der Waals surface area contributed by atoms with Crippen molar-refractivity contribution in [3.8, 4) is 0 Å². The molecule has 0 aromatic heterocycles. The molecule has 0 amide bonds. The third-order valence-corrected chi connectivity index (χ3v) is 2.07. The van der Waals surface area contributed by atoms with E-state index in [9.17, 15) is 0 Å². The zero-order valence-corrected chi connectivity index (χ0v) is 9.93. The second-order valence-corrected chi connectivity index (χ2v) is 3.15. The van der Waals surface area contributed by atoms with Gasteiger partial charge in [-0.2, -0.15) is 0 Å². The van der Waals surface area contributed by atoms with Gasteiger partial charge in [-0.05, 0) is 11.1 Å². The molecule has 2 aromatic carbocycles. The van der Waals surface area contributed by atoms with Crippen LogP contribution in [0.1, 0.15) is 14.0 Å². The van der Waals surface area contributed by atoms with E-state index in [0.717, 1.165) is 0 Å². The molecule has 0 radical (unpaired) electrons. The Kier molecular flexibility index (Phi) is 8.19. The average Bonchev–Trinajstić information content (AvgIpc) is 2.29. The van der Waals surface area contributed by atoms with Crippen molar-refractivity contribution >= 4 is 12.2 Å². The molecule has 0 saturated carbocycles. The molecule has 0 nitrogen and oxygen atoms in total. The van der Waals surface area contributed by atoms with E-state index in [0.29, 0.717) is 0 Å². The van der Waals surface area contributed by atoms with Gasteiger partial charge in [-0.1, -0.05) is 72.8 Å². The Balaban J connectivity index is -0.000000562. The zero-order valence-electron chi connectivity index (χ0n) is 11.9. The molecule has 2 rings (SSSR count). The van der Waals surface area contributed by atoms with Gasteiger partial charge in [-0.25, -0.2) is 0 Å². The second-order valence-electron chi connectivity index (χ2n) is 3.15. The SMILES string of the molecule is C(=Cc1ccccc1)c1ccccc1.[H-].[H-].[Li+].[Li+]. The van der Waals surface area contributed by atoms with Crippen molar-refractivity contribution in [3.05, 3.63) is 71.8 Å². The van der Waals surface area contributed by atoms with E-state index in [1.165, 1.54) is 11.1 Å². The molecule has 0 saturated heterocycles. The first kappa shape index (κ1) is 15.4. The molecule has 72 valence electrons. The predicted molar refractivity (Wildman–Crippen MR) is 64.0 cm³/mol. The van der Waals surface area contributed by atoms with E-state index in [4.69, 9.17) is 0 Å². The molecule has 2 aromatic rings. The Morgan fingerprint density at radius 2 is 0.875 bits per heavy atom. The van der Waals surface area contributed by atoms with Crippen LogP contribution in [0, 0.1) is 0 Å². The van der Waals surface area contributed by atoms with Gasteiger partial charge in [0.1, 0.15) is 0 Å². The number of benzene rings is 2. The van der Waals surface area contributed by atoms with Crippen LogP contribution >= 0.6 is 0 Å². The van der Waals surface area contributed by atoms with Crippen LogP contribution in [0.15, 0.2) is 60.7 Å². The van der Waals surface area contributed by atoms with Gasteiger partial charge in [-0.15, -0.1) is 0 Å². The summed E-state index contributed by atoms with van der Waals surface area (Å²) in [6.45, 7) is 0. The molecule has 0 spiro atoms. The van der Waals surface area contributed by atoms with Crippen LogP contribution < -0.4 is 37.7 Å². The maximum atomic E-state index is 2.12. The molecule has 0 atom stereocenters. The van der Waals surface area contributed by atoms with Crippen LogP contribution in [0.2, 0.25) is 0 Å². The van der Waals surface area contributed by atoms with Crippen LogP contribution in [-0.2, 0) is 0 Å². The summed E-state index contributed by atoms with van der Waals surface area (Å²) < 4.78 is 0. The number of rotatable bonds is 2. The van der Waals surface area contributed by atoms with Crippen LogP contribution in [-0.4, -0.2) is 0 Å². The van der Waals surface area contributed by atoms with Crippen LogP contribution in [0.4, 0.5) is 0 Å². The summed E-state index contributed by atoms with van der Waals surface area (Å²) in [4.78, 5) is 0. The molecule has 16 heavy (non-hydrogen) atoms. The summed E-state index contributed by atoms with van der Waals surface area (Å²) in [7, 11) is 0. The Hall–Kier alpha value is -0.625. The summed E-state index contributed by atoms with van der Waals surface area (Å²) in [6, 6.07) is 20.6. The van der Waals surface area contributed by atoms with Crippen molar-refractivity contribution in [1.82, 2.24) is 0 Å². The molecule has 0 aliphatic rings. The second kappa shape index (κ2) is 8.52. The Bertz CT molecular complexity index is 375. The standard InChI is InChI=1S/C14H12.2Li.2H/c1-3-7-13(8-4-1)11-12-14-9-5-2-6-10-14;;;;/h1-12H;;;;/q;2*+1;2*-1. The largest absolute Gasteiger partial charge is 1.00 e. The third-order valence-electron chi connectivity index (χ3n) is 2.07. The molecule has 0 N–H and O–H groups in total. The first-order valence-corrected chi connectivity index (χ1v) is 4.73. The Morgan fingerprint density at radius 1 is 0.562 bits per heavy atom. The fourth-order valence-corrected chi connectivity index (χ4v) is 1.32. The van der Waals surface area contributed by atoms with Gasteiger partial charge in [0.15, 0.2) is 0 Å². The van der Waals surface area contributed by atoms with Crippen molar-refractivity contribution in [2.24, 2.45) is 0 Å². The van der Waals surface area contributed by atoms with Gasteiger partial charge in [0.25, 0.3) is 0 Å². The van der Waals surface area contributed by atoms with E-state index in [1.807, 2.05) is 36.4 Å². The Morgan fingerprint density at radius 3 is 1.19 bits per heavy atom. The predicted octanol–water partition coefficient (Wildman–Crippen LogP) is -1.91. The topological polar surface area (TPSA) is 0 Å². The molecule has 0 fully saturated rings. The Labute approximate surface area is 124 Å². The summed E-state index contributed by atoms with van der Waals surface area (Å²) in [5, 5.41) is 0. The quantitative estimate of drug-likeness (QED) is 0.388. The average molecular weight is 196 g/mol. The van der Waals surface area contributed by atoms with E-state index in [2.05, 4.69) is 36.4 Å². The normalized spacial score (nSPS) is 9.25. The minimum Gasteiger partial charge on any atom is -1.00 e. The van der Waals surface area contributed by atoms with Gasteiger partial charge < -0.3 is 2.85 Å². The molecular weight excluding hydrogens is 182 g/mol. The smallest absolute Gasteiger partial charge is 1.00 e. The summed E-state index contributed by atoms with van der Waals surface area (Å²) in [5.41, 5.74) is 2.47. The van der Waals surface area contributed by atoms with Gasteiger partial charge in [0.2, 0.25) is 0 Å². The van der Waals surface area contributed by atoms with Crippen molar-refractivity contribution in [2.45, 2.75) is 0 Å². The molecule has 0 aliphatic heterocycles. The minimum absolute atomic E-state index is 0. The van der Waals surface area contributed by atoms with Gasteiger partial charge in [0, 0.05) is 0 Å². The van der Waals surface area contributed by atoms with Crippen molar-refractivity contribution in [3.63, 3.8) is 0 Å². The monoisotopic (exact) mass is 196 g/mol. The maximum Gasteiger partial charge on any atom is 1.00 e. The summed E-state index contributed by atoms with van der Waals surface area (Å²) in [5.74, 6) is 0. The molecular formula is C14H14Li2. The first-order valence-electron chi connectivity index (χ1n) is 4.73. The minimum atomic E-state index is 0. The molecule has 2 heteroatoms. The summed E-state index contributed by atoms with van der Waals surface area (Å²) in [6.07, 6.45) is 4.24. The van der Waals surface area contributed by atoms with Gasteiger partial charge in [-0.3, -0.25) is 0 Å². The van der Waals surface area contributed by atoms with E-state index in [-0.39, 0.29) is 40.6 Å². The van der Waals surface area contributed by atoms with Crippen LogP contribution in [0.25, 0.3) is 12.2 Å². The molecule has 0 heterocycles. The fourth-order valence-electron chi connectivity index (χ4n) is 1.32. The van der Waals surface area contributed by atoms with E-state index >= 15 is 0 Å². The van der Waals surface area contributed by atoms with Crippen molar-refractivity contribution in [2.75, 3.05) is 0 Å². The van der Waals surface area contributed by atoms with Crippen molar-refractivity contribution < 1.29 is 40.6 Å². The maximum absolute atomic E-state index is 2.12. The molecule has 0 unspecified atom stereocenters.